The molecule has 1 aromatic heterocycles. The number of carbonyl (C=O) groups excluding carboxylic acids is 1. The van der Waals surface area contributed by atoms with Gasteiger partial charge in [-0.2, -0.15) is 5.10 Å². The van der Waals surface area contributed by atoms with Gasteiger partial charge in [0.1, 0.15) is 17.2 Å². The SMILES string of the molecule is COCCNC(=O)c1cn(-c2ccccc2)nc1-c1cc(OC)ccc1OC. The van der Waals surface area contributed by atoms with Crippen molar-refractivity contribution in [3.8, 4) is 28.4 Å². The second kappa shape index (κ2) is 9.05. The van der Waals surface area contributed by atoms with Crippen molar-refractivity contribution < 1.29 is 19.0 Å². The van der Waals surface area contributed by atoms with E-state index in [0.29, 0.717) is 41.5 Å². The van der Waals surface area contributed by atoms with E-state index in [0.717, 1.165) is 5.69 Å². The third-order valence-corrected chi connectivity index (χ3v) is 4.23. The third-order valence-electron chi connectivity index (χ3n) is 4.23. The van der Waals surface area contributed by atoms with E-state index in [1.165, 1.54) is 0 Å². The van der Waals surface area contributed by atoms with Crippen molar-refractivity contribution in [2.75, 3.05) is 34.5 Å². The molecular weight excluding hydrogens is 358 g/mol. The Hall–Kier alpha value is -3.32. The van der Waals surface area contributed by atoms with Crippen molar-refractivity contribution in [3.63, 3.8) is 0 Å². The van der Waals surface area contributed by atoms with Crippen LogP contribution in [0.25, 0.3) is 16.9 Å². The lowest BCUT2D eigenvalue weighted by Gasteiger charge is -2.10. The smallest absolute Gasteiger partial charge is 0.255 e. The summed E-state index contributed by atoms with van der Waals surface area (Å²) in [7, 11) is 4.76. The molecular formula is C21H23N3O4. The number of methoxy groups -OCH3 is 3. The van der Waals surface area contributed by atoms with E-state index < -0.39 is 0 Å². The molecule has 1 amide bonds. The van der Waals surface area contributed by atoms with Gasteiger partial charge in [0, 0.05) is 25.4 Å². The molecule has 146 valence electrons. The Labute approximate surface area is 163 Å². The molecule has 0 spiro atoms. The van der Waals surface area contributed by atoms with E-state index in [9.17, 15) is 4.79 Å². The number of carbonyl (C=O) groups is 1. The van der Waals surface area contributed by atoms with Crippen molar-refractivity contribution in [2.45, 2.75) is 0 Å². The van der Waals surface area contributed by atoms with Crippen LogP contribution in [0, 0.1) is 0 Å². The van der Waals surface area contributed by atoms with Gasteiger partial charge in [0.25, 0.3) is 5.91 Å². The van der Waals surface area contributed by atoms with Crippen molar-refractivity contribution in [3.05, 3.63) is 60.3 Å². The average Bonchev–Trinajstić information content (AvgIpc) is 3.19. The van der Waals surface area contributed by atoms with Crippen LogP contribution in [-0.4, -0.2) is 50.2 Å². The van der Waals surface area contributed by atoms with Crippen molar-refractivity contribution in [2.24, 2.45) is 0 Å². The number of amides is 1. The lowest BCUT2D eigenvalue weighted by Crippen LogP contribution is -2.27. The highest BCUT2D eigenvalue weighted by Crippen LogP contribution is 2.35. The fourth-order valence-electron chi connectivity index (χ4n) is 2.81. The molecule has 0 saturated carbocycles. The molecule has 0 atom stereocenters. The van der Waals surface area contributed by atoms with Crippen LogP contribution < -0.4 is 14.8 Å². The largest absolute Gasteiger partial charge is 0.497 e. The van der Waals surface area contributed by atoms with E-state index >= 15 is 0 Å². The highest BCUT2D eigenvalue weighted by atomic mass is 16.5. The second-order valence-corrected chi connectivity index (χ2v) is 5.99. The van der Waals surface area contributed by atoms with Crippen LogP contribution in [-0.2, 0) is 4.74 Å². The van der Waals surface area contributed by atoms with Crippen molar-refractivity contribution in [1.82, 2.24) is 15.1 Å². The summed E-state index contributed by atoms with van der Waals surface area (Å²) in [6.45, 7) is 0.830. The third kappa shape index (κ3) is 4.15. The van der Waals surface area contributed by atoms with Crippen LogP contribution in [0.5, 0.6) is 11.5 Å². The number of rotatable bonds is 8. The van der Waals surface area contributed by atoms with Crippen LogP contribution in [0.15, 0.2) is 54.7 Å². The number of benzene rings is 2. The summed E-state index contributed by atoms with van der Waals surface area (Å²) in [5.74, 6) is 1.01. The minimum absolute atomic E-state index is 0.237. The van der Waals surface area contributed by atoms with Gasteiger partial charge in [-0.05, 0) is 30.3 Å². The summed E-state index contributed by atoms with van der Waals surface area (Å²) in [6.07, 6.45) is 1.71. The molecule has 1 N–H and O–H groups in total. The highest BCUT2D eigenvalue weighted by molar-refractivity contribution is 6.00. The van der Waals surface area contributed by atoms with Gasteiger partial charge in [-0.15, -0.1) is 0 Å². The zero-order valence-corrected chi connectivity index (χ0v) is 16.1. The van der Waals surface area contributed by atoms with Crippen LogP contribution in [0.2, 0.25) is 0 Å². The molecule has 7 nitrogen and oxygen atoms in total. The number of aromatic nitrogens is 2. The molecule has 0 radical (unpaired) electrons. The molecule has 0 saturated heterocycles. The van der Waals surface area contributed by atoms with Gasteiger partial charge >= 0.3 is 0 Å². The van der Waals surface area contributed by atoms with Gasteiger partial charge in [-0.3, -0.25) is 4.79 Å². The lowest BCUT2D eigenvalue weighted by molar-refractivity contribution is 0.0937. The Bertz CT molecular complexity index is 938. The second-order valence-electron chi connectivity index (χ2n) is 5.99. The molecule has 3 aromatic rings. The monoisotopic (exact) mass is 381 g/mol. The van der Waals surface area contributed by atoms with Gasteiger partial charge in [-0.25, -0.2) is 4.68 Å². The number of nitrogens with one attached hydrogen (secondary N) is 1. The minimum Gasteiger partial charge on any atom is -0.497 e. The first-order valence-electron chi connectivity index (χ1n) is 8.82. The maximum atomic E-state index is 12.8. The summed E-state index contributed by atoms with van der Waals surface area (Å²) >= 11 is 0. The Morgan fingerprint density at radius 2 is 1.86 bits per heavy atom. The standard InChI is InChI=1S/C21H23N3O4/c1-26-12-11-22-21(25)18-14-24(15-7-5-4-6-8-15)23-20(18)17-13-16(27-2)9-10-19(17)28-3/h4-10,13-14H,11-12H2,1-3H3,(H,22,25). The Balaban J connectivity index is 2.10. The van der Waals surface area contributed by atoms with Gasteiger partial charge < -0.3 is 19.5 Å². The zero-order chi connectivity index (χ0) is 19.9. The molecule has 1 heterocycles. The summed E-state index contributed by atoms with van der Waals surface area (Å²) in [5.41, 5.74) is 2.47. The molecule has 0 bridgehead atoms. The first kappa shape index (κ1) is 19.4. The van der Waals surface area contributed by atoms with E-state index in [1.807, 2.05) is 36.4 Å². The summed E-state index contributed by atoms with van der Waals surface area (Å²) in [6, 6.07) is 15.0. The highest BCUT2D eigenvalue weighted by Gasteiger charge is 2.21. The van der Waals surface area contributed by atoms with Gasteiger partial charge in [0.2, 0.25) is 0 Å². The Kier molecular flexibility index (Phi) is 6.29. The van der Waals surface area contributed by atoms with E-state index in [4.69, 9.17) is 14.2 Å². The fraction of sp³-hybridized carbons (Fsp3) is 0.238. The molecule has 3 rings (SSSR count). The molecule has 0 unspecified atom stereocenters. The van der Waals surface area contributed by atoms with Crippen LogP contribution in [0.3, 0.4) is 0 Å². The van der Waals surface area contributed by atoms with E-state index in [-0.39, 0.29) is 5.91 Å². The van der Waals surface area contributed by atoms with Crippen molar-refractivity contribution >= 4 is 5.91 Å². The van der Waals surface area contributed by atoms with E-state index in [1.54, 1.807) is 44.3 Å². The minimum atomic E-state index is -0.237. The Morgan fingerprint density at radius 3 is 2.54 bits per heavy atom. The molecule has 28 heavy (non-hydrogen) atoms. The number of para-hydroxylation sites is 1. The predicted molar refractivity (Wildman–Crippen MR) is 106 cm³/mol. The van der Waals surface area contributed by atoms with Gasteiger partial charge in [-0.1, -0.05) is 18.2 Å². The summed E-state index contributed by atoms with van der Waals surface area (Å²) in [5, 5.41) is 7.52. The first-order valence-corrected chi connectivity index (χ1v) is 8.82. The maximum Gasteiger partial charge on any atom is 0.255 e. The molecule has 2 aromatic carbocycles. The van der Waals surface area contributed by atoms with Crippen molar-refractivity contribution in [1.29, 1.82) is 0 Å². The first-order chi connectivity index (χ1) is 13.7. The van der Waals surface area contributed by atoms with Gasteiger partial charge in [0.05, 0.1) is 32.1 Å². The topological polar surface area (TPSA) is 74.6 Å². The fourth-order valence-corrected chi connectivity index (χ4v) is 2.81. The van der Waals surface area contributed by atoms with Crippen LogP contribution >= 0.6 is 0 Å². The quantitative estimate of drug-likeness (QED) is 0.607. The molecule has 0 aliphatic heterocycles. The molecule has 7 heteroatoms. The van der Waals surface area contributed by atoms with Crippen LogP contribution in [0.1, 0.15) is 10.4 Å². The lowest BCUT2D eigenvalue weighted by atomic mass is 10.1. The zero-order valence-electron chi connectivity index (χ0n) is 16.1. The van der Waals surface area contributed by atoms with Gasteiger partial charge in [0.15, 0.2) is 0 Å². The van der Waals surface area contributed by atoms with Crippen LogP contribution in [0.4, 0.5) is 0 Å². The number of ether oxygens (including phenoxy) is 3. The molecule has 0 aliphatic rings. The number of nitrogens with zero attached hydrogens (tertiary/aromatic N) is 2. The number of hydrogen-bond acceptors (Lipinski definition) is 5. The average molecular weight is 381 g/mol. The molecule has 0 fully saturated rings. The maximum absolute atomic E-state index is 12.8. The normalized spacial score (nSPS) is 10.5. The summed E-state index contributed by atoms with van der Waals surface area (Å²) < 4.78 is 17.5. The number of hydrogen-bond donors (Lipinski definition) is 1. The summed E-state index contributed by atoms with van der Waals surface area (Å²) in [4.78, 5) is 12.8. The van der Waals surface area contributed by atoms with E-state index in [2.05, 4.69) is 10.4 Å². The molecule has 0 aliphatic carbocycles. The Morgan fingerprint density at radius 1 is 1.07 bits per heavy atom. The predicted octanol–water partition coefficient (Wildman–Crippen LogP) is 2.93.